The Morgan fingerprint density at radius 3 is 2.47 bits per heavy atom. The molecule has 0 spiro atoms. The average Bonchev–Trinajstić information content (AvgIpc) is 2.24. The van der Waals surface area contributed by atoms with Crippen molar-refractivity contribution in [2.45, 2.75) is 26.8 Å². The van der Waals surface area contributed by atoms with Crippen LogP contribution in [0.15, 0.2) is 0 Å². The zero-order chi connectivity index (χ0) is 11.8. The normalized spacial score (nSPS) is 12.0. The minimum Gasteiger partial charge on any atom is -0.465 e. The van der Waals surface area contributed by atoms with Crippen molar-refractivity contribution in [3.63, 3.8) is 0 Å². The van der Waals surface area contributed by atoms with Gasteiger partial charge in [0.25, 0.3) is 0 Å². The lowest BCUT2D eigenvalue weighted by Crippen LogP contribution is -2.42. The minimum absolute atomic E-state index is 0.0337. The summed E-state index contributed by atoms with van der Waals surface area (Å²) < 4.78 is 4.80. The van der Waals surface area contributed by atoms with Crippen LogP contribution in [0.5, 0.6) is 0 Å². The molecule has 88 valence electrons. The van der Waals surface area contributed by atoms with Crippen LogP contribution in [0.2, 0.25) is 0 Å². The summed E-state index contributed by atoms with van der Waals surface area (Å²) >= 11 is 0. The second-order valence-electron chi connectivity index (χ2n) is 3.26. The van der Waals surface area contributed by atoms with E-state index in [9.17, 15) is 9.59 Å². The van der Waals surface area contributed by atoms with Gasteiger partial charge in [-0.3, -0.25) is 14.9 Å². The second kappa shape index (κ2) is 7.23. The van der Waals surface area contributed by atoms with E-state index in [0.29, 0.717) is 13.2 Å². The summed E-state index contributed by atoms with van der Waals surface area (Å²) in [6.45, 7) is 6.50. The Bertz CT molecular complexity index is 219. The molecule has 0 fully saturated rings. The van der Waals surface area contributed by atoms with Gasteiger partial charge in [0.05, 0.1) is 13.2 Å². The molecule has 5 nitrogen and oxygen atoms in total. The number of nitrogens with zero attached hydrogens (tertiary/aromatic N) is 1. The third-order valence-corrected chi connectivity index (χ3v) is 2.10. The number of carbonyl (C=O) groups is 2. The van der Waals surface area contributed by atoms with Gasteiger partial charge in [0.1, 0.15) is 6.04 Å². The number of amides is 1. The third-order valence-electron chi connectivity index (χ3n) is 2.10. The molecule has 5 heteroatoms. The predicted molar refractivity (Wildman–Crippen MR) is 57.4 cm³/mol. The molecule has 0 saturated carbocycles. The average molecular weight is 216 g/mol. The Kier molecular flexibility index (Phi) is 6.70. The Hall–Kier alpha value is -1.10. The Morgan fingerprint density at radius 1 is 1.40 bits per heavy atom. The molecule has 0 aromatic rings. The van der Waals surface area contributed by atoms with Crippen LogP contribution >= 0.6 is 0 Å². The first-order valence-electron chi connectivity index (χ1n) is 5.16. The highest BCUT2D eigenvalue weighted by Gasteiger charge is 2.15. The molecule has 0 bridgehead atoms. The van der Waals surface area contributed by atoms with Crippen LogP contribution in [-0.2, 0) is 14.3 Å². The quantitative estimate of drug-likeness (QED) is 0.635. The number of hydrogen-bond acceptors (Lipinski definition) is 4. The van der Waals surface area contributed by atoms with Gasteiger partial charge in [-0.15, -0.1) is 0 Å². The van der Waals surface area contributed by atoms with Crippen molar-refractivity contribution in [2.75, 3.05) is 26.7 Å². The summed E-state index contributed by atoms with van der Waals surface area (Å²) in [6, 6.07) is -0.445. The van der Waals surface area contributed by atoms with Gasteiger partial charge < -0.3 is 9.64 Å². The summed E-state index contributed by atoms with van der Waals surface area (Å²) in [7, 11) is 1.72. The SMILES string of the molecule is CCOC(=O)C(C)NCC(=O)N(C)CC. The maximum absolute atomic E-state index is 11.4. The standard InChI is InChI=1S/C10H20N2O3/c1-5-12(4)9(13)7-11-8(3)10(14)15-6-2/h8,11H,5-7H2,1-4H3. The number of rotatable bonds is 6. The van der Waals surface area contributed by atoms with Crippen LogP contribution < -0.4 is 5.32 Å². The van der Waals surface area contributed by atoms with Gasteiger partial charge in [-0.1, -0.05) is 0 Å². The lowest BCUT2D eigenvalue weighted by atomic mass is 10.3. The van der Waals surface area contributed by atoms with Crippen molar-refractivity contribution in [2.24, 2.45) is 0 Å². The topological polar surface area (TPSA) is 58.6 Å². The fourth-order valence-electron chi connectivity index (χ4n) is 0.902. The molecule has 0 radical (unpaired) electrons. The predicted octanol–water partition coefficient (Wildman–Crippen LogP) is 0.00590. The number of hydrogen-bond donors (Lipinski definition) is 1. The van der Waals surface area contributed by atoms with Crippen LogP contribution in [0.4, 0.5) is 0 Å². The van der Waals surface area contributed by atoms with Crippen molar-refractivity contribution >= 4 is 11.9 Å². The molecule has 1 atom stereocenters. The molecule has 0 saturated heterocycles. The van der Waals surface area contributed by atoms with Gasteiger partial charge in [-0.2, -0.15) is 0 Å². The lowest BCUT2D eigenvalue weighted by molar-refractivity contribution is -0.145. The highest BCUT2D eigenvalue weighted by Crippen LogP contribution is 1.89. The minimum atomic E-state index is -0.445. The molecule has 0 aliphatic carbocycles. The second-order valence-corrected chi connectivity index (χ2v) is 3.26. The summed E-state index contributed by atoms with van der Waals surface area (Å²) in [5.41, 5.74) is 0. The summed E-state index contributed by atoms with van der Waals surface area (Å²) in [6.07, 6.45) is 0. The number of nitrogens with one attached hydrogen (secondary N) is 1. The van der Waals surface area contributed by atoms with E-state index in [4.69, 9.17) is 4.74 Å². The Labute approximate surface area is 90.8 Å². The molecule has 0 aliphatic heterocycles. The van der Waals surface area contributed by atoms with Gasteiger partial charge in [0, 0.05) is 13.6 Å². The van der Waals surface area contributed by atoms with Crippen LogP contribution in [0.1, 0.15) is 20.8 Å². The first kappa shape index (κ1) is 13.9. The monoisotopic (exact) mass is 216 g/mol. The molecule has 15 heavy (non-hydrogen) atoms. The van der Waals surface area contributed by atoms with E-state index in [1.807, 2.05) is 6.92 Å². The highest BCUT2D eigenvalue weighted by atomic mass is 16.5. The van der Waals surface area contributed by atoms with E-state index >= 15 is 0 Å². The fourth-order valence-corrected chi connectivity index (χ4v) is 0.902. The smallest absolute Gasteiger partial charge is 0.322 e. The number of ether oxygens (including phenoxy) is 1. The van der Waals surface area contributed by atoms with Crippen molar-refractivity contribution < 1.29 is 14.3 Å². The summed E-state index contributed by atoms with van der Waals surface area (Å²) in [5, 5.41) is 2.82. The first-order chi connectivity index (χ1) is 7.02. The van der Waals surface area contributed by atoms with E-state index in [1.54, 1.807) is 25.8 Å². The summed E-state index contributed by atoms with van der Waals surface area (Å²) in [4.78, 5) is 24.1. The maximum Gasteiger partial charge on any atom is 0.322 e. The van der Waals surface area contributed by atoms with Crippen molar-refractivity contribution in [3.05, 3.63) is 0 Å². The van der Waals surface area contributed by atoms with Gasteiger partial charge >= 0.3 is 5.97 Å². The number of esters is 1. The van der Waals surface area contributed by atoms with Crippen molar-refractivity contribution in [1.29, 1.82) is 0 Å². The molecule has 0 aromatic carbocycles. The van der Waals surface area contributed by atoms with Crippen LogP contribution in [0, 0.1) is 0 Å². The van der Waals surface area contributed by atoms with Gasteiger partial charge in [-0.25, -0.2) is 0 Å². The molecule has 1 N–H and O–H groups in total. The Balaban J connectivity index is 3.84. The van der Waals surface area contributed by atoms with Gasteiger partial charge in [0.15, 0.2) is 0 Å². The van der Waals surface area contributed by atoms with E-state index in [2.05, 4.69) is 5.32 Å². The number of likely N-dealkylation sites (N-methyl/N-ethyl adjacent to an activating group) is 1. The molecule has 0 heterocycles. The first-order valence-corrected chi connectivity index (χ1v) is 5.16. The van der Waals surface area contributed by atoms with Crippen LogP contribution in [0.25, 0.3) is 0 Å². The third kappa shape index (κ3) is 5.37. The summed E-state index contributed by atoms with van der Waals surface area (Å²) in [5.74, 6) is -0.363. The fraction of sp³-hybridized carbons (Fsp3) is 0.800. The Morgan fingerprint density at radius 2 is 2.00 bits per heavy atom. The molecule has 0 aromatic heterocycles. The van der Waals surface area contributed by atoms with E-state index in [0.717, 1.165) is 0 Å². The van der Waals surface area contributed by atoms with Crippen molar-refractivity contribution in [1.82, 2.24) is 10.2 Å². The molecule has 0 aliphatic rings. The zero-order valence-electron chi connectivity index (χ0n) is 9.87. The zero-order valence-corrected chi connectivity index (χ0v) is 9.87. The van der Waals surface area contributed by atoms with Gasteiger partial charge in [-0.05, 0) is 20.8 Å². The van der Waals surface area contributed by atoms with E-state index in [-0.39, 0.29) is 18.4 Å². The molecular weight excluding hydrogens is 196 g/mol. The van der Waals surface area contributed by atoms with Crippen LogP contribution in [-0.4, -0.2) is 49.6 Å². The molecule has 1 amide bonds. The molecular formula is C10H20N2O3. The van der Waals surface area contributed by atoms with Gasteiger partial charge in [0.2, 0.25) is 5.91 Å². The number of carbonyl (C=O) groups excluding carboxylic acids is 2. The lowest BCUT2D eigenvalue weighted by Gasteiger charge is -2.17. The molecule has 0 rings (SSSR count). The largest absolute Gasteiger partial charge is 0.465 e. The van der Waals surface area contributed by atoms with E-state index < -0.39 is 6.04 Å². The maximum atomic E-state index is 11.4. The van der Waals surface area contributed by atoms with Crippen LogP contribution in [0.3, 0.4) is 0 Å². The van der Waals surface area contributed by atoms with E-state index in [1.165, 1.54) is 0 Å². The highest BCUT2D eigenvalue weighted by molar-refractivity contribution is 5.80. The van der Waals surface area contributed by atoms with Crippen molar-refractivity contribution in [3.8, 4) is 0 Å². The molecule has 1 unspecified atom stereocenters.